The van der Waals surface area contributed by atoms with E-state index in [1.54, 1.807) is 16.8 Å². The molecule has 0 spiro atoms. The number of hydrogen-bond donors (Lipinski definition) is 0. The van der Waals surface area contributed by atoms with Crippen LogP contribution in [0.2, 0.25) is 0 Å². The Hall–Kier alpha value is -2.82. The van der Waals surface area contributed by atoms with E-state index in [9.17, 15) is 9.59 Å². The van der Waals surface area contributed by atoms with Crippen LogP contribution >= 0.6 is 0 Å². The molecule has 136 valence electrons. The Balaban J connectivity index is 1.71. The van der Waals surface area contributed by atoms with Gasteiger partial charge in [-0.2, -0.15) is 0 Å². The fourth-order valence-corrected chi connectivity index (χ4v) is 3.41. The molecule has 1 fully saturated rings. The van der Waals surface area contributed by atoms with Gasteiger partial charge in [0.25, 0.3) is 5.91 Å². The summed E-state index contributed by atoms with van der Waals surface area (Å²) in [5.41, 5.74) is 0.843. The fourth-order valence-electron chi connectivity index (χ4n) is 3.41. The van der Waals surface area contributed by atoms with Gasteiger partial charge < -0.3 is 9.64 Å². The zero-order valence-electron chi connectivity index (χ0n) is 15.2. The molecule has 1 aliphatic heterocycles. The molecule has 2 aromatic rings. The van der Waals surface area contributed by atoms with Crippen LogP contribution in [0.3, 0.4) is 0 Å². The Morgan fingerprint density at radius 3 is 2.35 bits per heavy atom. The van der Waals surface area contributed by atoms with Crippen molar-refractivity contribution in [1.29, 1.82) is 0 Å². The summed E-state index contributed by atoms with van der Waals surface area (Å²) >= 11 is 0. The number of carbonyl (C=O) groups excluding carboxylic acids is 2. The predicted molar refractivity (Wildman–Crippen MR) is 101 cm³/mol. The van der Waals surface area contributed by atoms with Crippen LogP contribution in [0.25, 0.3) is 0 Å². The summed E-state index contributed by atoms with van der Waals surface area (Å²) in [6.07, 6.45) is 0.970. The van der Waals surface area contributed by atoms with E-state index in [-0.39, 0.29) is 12.5 Å². The second-order valence-corrected chi connectivity index (χ2v) is 6.77. The maximum absolute atomic E-state index is 13.1. The summed E-state index contributed by atoms with van der Waals surface area (Å²) in [6.45, 7) is 2.55. The van der Waals surface area contributed by atoms with Crippen LogP contribution < -0.4 is 4.90 Å². The molecule has 1 heterocycles. The summed E-state index contributed by atoms with van der Waals surface area (Å²) in [4.78, 5) is 28.9. The lowest BCUT2D eigenvalue weighted by Gasteiger charge is -2.36. The second kappa shape index (κ2) is 7.60. The van der Waals surface area contributed by atoms with Crippen LogP contribution in [-0.4, -0.2) is 36.0 Å². The van der Waals surface area contributed by atoms with Gasteiger partial charge in [0.15, 0.2) is 0 Å². The first kappa shape index (κ1) is 18.0. The number of ether oxygens (including phenoxy) is 1. The summed E-state index contributed by atoms with van der Waals surface area (Å²) in [5.74, 6) is -0.0992. The SMILES string of the molecule is CN(C(=O)C1(C)CCCN1C(=O)OCc1ccccc1)c1ccccc1. The lowest BCUT2D eigenvalue weighted by atomic mass is 9.97. The Morgan fingerprint density at radius 1 is 1.08 bits per heavy atom. The lowest BCUT2D eigenvalue weighted by molar-refractivity contribution is -0.127. The van der Waals surface area contributed by atoms with E-state index in [2.05, 4.69) is 0 Å². The predicted octanol–water partition coefficient (Wildman–Crippen LogP) is 3.84. The van der Waals surface area contributed by atoms with Crippen molar-refractivity contribution < 1.29 is 14.3 Å². The summed E-state index contributed by atoms with van der Waals surface area (Å²) < 4.78 is 5.46. The molecule has 3 rings (SSSR count). The molecule has 0 radical (unpaired) electrons. The third-order valence-electron chi connectivity index (χ3n) is 4.98. The first-order valence-electron chi connectivity index (χ1n) is 8.84. The largest absolute Gasteiger partial charge is 0.445 e. The van der Waals surface area contributed by atoms with Crippen molar-refractivity contribution in [1.82, 2.24) is 4.90 Å². The van der Waals surface area contributed by atoms with Crippen LogP contribution in [0.1, 0.15) is 25.3 Å². The number of amides is 2. The van der Waals surface area contributed by atoms with Gasteiger partial charge >= 0.3 is 6.09 Å². The average molecular weight is 352 g/mol. The van der Waals surface area contributed by atoms with Crippen LogP contribution in [0.4, 0.5) is 10.5 Å². The molecule has 5 heteroatoms. The number of rotatable bonds is 4. The van der Waals surface area contributed by atoms with Crippen molar-refractivity contribution in [2.45, 2.75) is 31.9 Å². The van der Waals surface area contributed by atoms with Crippen LogP contribution in [-0.2, 0) is 16.1 Å². The lowest BCUT2D eigenvalue weighted by Crippen LogP contribution is -2.56. The van der Waals surface area contributed by atoms with Crippen molar-refractivity contribution in [3.8, 4) is 0 Å². The molecule has 1 atom stereocenters. The maximum atomic E-state index is 13.1. The highest BCUT2D eigenvalue weighted by Crippen LogP contribution is 2.32. The van der Waals surface area contributed by atoms with Crippen LogP contribution in [0, 0.1) is 0 Å². The number of likely N-dealkylation sites (tertiary alicyclic amines) is 1. The molecule has 5 nitrogen and oxygen atoms in total. The zero-order chi connectivity index (χ0) is 18.6. The summed E-state index contributed by atoms with van der Waals surface area (Å²) in [6, 6.07) is 19.0. The highest BCUT2D eigenvalue weighted by Gasteiger charge is 2.48. The average Bonchev–Trinajstić information content (AvgIpc) is 3.09. The van der Waals surface area contributed by atoms with Gasteiger partial charge in [-0.1, -0.05) is 48.5 Å². The molecular formula is C21H24N2O3. The van der Waals surface area contributed by atoms with Gasteiger partial charge in [0.2, 0.25) is 0 Å². The number of likely N-dealkylation sites (N-methyl/N-ethyl adjacent to an activating group) is 1. The van der Waals surface area contributed by atoms with Crippen molar-refractivity contribution in [2.75, 3.05) is 18.5 Å². The van der Waals surface area contributed by atoms with Crippen molar-refractivity contribution in [3.63, 3.8) is 0 Å². The standard InChI is InChI=1S/C21H24N2O3/c1-21(19(24)22(2)18-12-7-4-8-13-18)14-9-15-23(21)20(25)26-16-17-10-5-3-6-11-17/h3-8,10-13H,9,14-16H2,1-2H3. The van der Waals surface area contributed by atoms with Crippen LogP contribution in [0.15, 0.2) is 60.7 Å². The first-order chi connectivity index (χ1) is 12.5. The number of nitrogens with zero attached hydrogens (tertiary/aromatic N) is 2. The Bertz CT molecular complexity index is 763. The van der Waals surface area contributed by atoms with Crippen molar-refractivity contribution >= 4 is 17.7 Å². The van der Waals surface area contributed by atoms with E-state index >= 15 is 0 Å². The number of carbonyl (C=O) groups is 2. The molecule has 2 aromatic carbocycles. The Morgan fingerprint density at radius 2 is 1.69 bits per heavy atom. The van der Waals surface area contributed by atoms with Crippen molar-refractivity contribution in [2.24, 2.45) is 0 Å². The number of para-hydroxylation sites is 1. The molecule has 1 saturated heterocycles. The molecule has 0 aliphatic carbocycles. The minimum atomic E-state index is -0.891. The van der Waals surface area contributed by atoms with Crippen LogP contribution in [0.5, 0.6) is 0 Å². The molecule has 0 bridgehead atoms. The van der Waals surface area contributed by atoms with E-state index < -0.39 is 11.6 Å². The van der Waals surface area contributed by atoms with Gasteiger partial charge in [-0.15, -0.1) is 0 Å². The highest BCUT2D eigenvalue weighted by molar-refractivity contribution is 6.01. The second-order valence-electron chi connectivity index (χ2n) is 6.77. The molecule has 26 heavy (non-hydrogen) atoms. The molecule has 1 aliphatic rings. The first-order valence-corrected chi connectivity index (χ1v) is 8.84. The van der Waals surface area contributed by atoms with Gasteiger partial charge in [-0.25, -0.2) is 4.79 Å². The molecular weight excluding hydrogens is 328 g/mol. The molecule has 2 amide bonds. The van der Waals surface area contributed by atoms with Crippen molar-refractivity contribution in [3.05, 3.63) is 66.2 Å². The summed E-state index contributed by atoms with van der Waals surface area (Å²) in [5, 5.41) is 0. The normalized spacial score (nSPS) is 19.2. The number of hydrogen-bond acceptors (Lipinski definition) is 3. The maximum Gasteiger partial charge on any atom is 0.410 e. The fraction of sp³-hybridized carbons (Fsp3) is 0.333. The third kappa shape index (κ3) is 3.57. The molecule has 0 aromatic heterocycles. The van der Waals surface area contributed by atoms with Gasteiger partial charge in [0.05, 0.1) is 0 Å². The van der Waals surface area contributed by atoms with Gasteiger partial charge in [-0.05, 0) is 37.5 Å². The monoisotopic (exact) mass is 352 g/mol. The Labute approximate surface area is 154 Å². The number of benzene rings is 2. The van der Waals surface area contributed by atoms with E-state index in [1.807, 2.05) is 67.6 Å². The van der Waals surface area contributed by atoms with Gasteiger partial charge in [0.1, 0.15) is 12.1 Å². The molecule has 1 unspecified atom stereocenters. The van der Waals surface area contributed by atoms with E-state index in [4.69, 9.17) is 4.74 Å². The zero-order valence-corrected chi connectivity index (χ0v) is 15.2. The Kier molecular flexibility index (Phi) is 5.26. The third-order valence-corrected chi connectivity index (χ3v) is 4.98. The molecule has 0 saturated carbocycles. The van der Waals surface area contributed by atoms with E-state index in [1.165, 1.54) is 0 Å². The summed E-state index contributed by atoms with van der Waals surface area (Å²) in [7, 11) is 1.74. The van der Waals surface area contributed by atoms with E-state index in [0.29, 0.717) is 13.0 Å². The minimum Gasteiger partial charge on any atom is -0.445 e. The number of anilines is 1. The smallest absolute Gasteiger partial charge is 0.410 e. The quantitative estimate of drug-likeness (QED) is 0.840. The van der Waals surface area contributed by atoms with E-state index in [0.717, 1.165) is 17.7 Å². The van der Waals surface area contributed by atoms with Gasteiger partial charge in [0, 0.05) is 19.3 Å². The topological polar surface area (TPSA) is 49.9 Å². The molecule has 0 N–H and O–H groups in total. The van der Waals surface area contributed by atoms with Gasteiger partial charge in [-0.3, -0.25) is 9.69 Å². The highest BCUT2D eigenvalue weighted by atomic mass is 16.6. The minimum absolute atomic E-state index is 0.0992.